The first-order chi connectivity index (χ1) is 13.3. The number of aryl methyl sites for hydroxylation is 3. The van der Waals surface area contributed by atoms with Gasteiger partial charge in [-0.3, -0.25) is 0 Å². The molecule has 0 bridgehead atoms. The molecule has 1 heterocycles. The van der Waals surface area contributed by atoms with Crippen molar-refractivity contribution >= 4 is 38.7 Å². The van der Waals surface area contributed by atoms with Crippen LogP contribution in [0.5, 0.6) is 0 Å². The van der Waals surface area contributed by atoms with Crippen molar-refractivity contribution in [2.75, 3.05) is 23.7 Å². The Morgan fingerprint density at radius 3 is 2.21 bits per heavy atom. The third kappa shape index (κ3) is 4.54. The number of piperidine rings is 1. The van der Waals surface area contributed by atoms with Crippen molar-refractivity contribution in [2.24, 2.45) is 0 Å². The summed E-state index contributed by atoms with van der Waals surface area (Å²) in [6.45, 7) is 7.16. The number of nitrogens with one attached hydrogen (secondary N) is 2. The summed E-state index contributed by atoms with van der Waals surface area (Å²) < 4.78 is 27.5. The highest BCUT2D eigenvalue weighted by molar-refractivity contribution is 7.89. The smallest absolute Gasteiger partial charge is 0.243 e. The predicted molar refractivity (Wildman–Crippen MR) is 120 cm³/mol. The number of benzene rings is 2. The molecule has 2 aromatic carbocycles. The molecule has 150 valence electrons. The van der Waals surface area contributed by atoms with Crippen LogP contribution in [0.3, 0.4) is 0 Å². The number of sulfonamides is 1. The highest BCUT2D eigenvalue weighted by atomic mass is 32.2. The van der Waals surface area contributed by atoms with Gasteiger partial charge < -0.3 is 10.6 Å². The lowest BCUT2D eigenvalue weighted by molar-refractivity contribution is 0.346. The lowest BCUT2D eigenvalue weighted by Gasteiger charge is -2.26. The van der Waals surface area contributed by atoms with Crippen LogP contribution < -0.4 is 10.6 Å². The average molecular weight is 418 g/mol. The summed E-state index contributed by atoms with van der Waals surface area (Å²) in [6.07, 6.45) is 2.92. The lowest BCUT2D eigenvalue weighted by atomic mass is 10.1. The molecule has 1 aliphatic rings. The van der Waals surface area contributed by atoms with Crippen molar-refractivity contribution < 1.29 is 8.42 Å². The largest absolute Gasteiger partial charge is 0.332 e. The Bertz CT molecular complexity index is 961. The number of rotatable bonds is 4. The van der Waals surface area contributed by atoms with Gasteiger partial charge in [-0.25, -0.2) is 8.42 Å². The Balaban J connectivity index is 1.81. The summed E-state index contributed by atoms with van der Waals surface area (Å²) in [5.41, 5.74) is 4.80. The first kappa shape index (κ1) is 20.8. The van der Waals surface area contributed by atoms with Gasteiger partial charge in [0.15, 0.2) is 5.11 Å². The second-order valence-corrected chi connectivity index (χ2v) is 9.63. The Morgan fingerprint density at radius 1 is 0.929 bits per heavy atom. The van der Waals surface area contributed by atoms with Gasteiger partial charge in [0.2, 0.25) is 10.0 Å². The van der Waals surface area contributed by atoms with Gasteiger partial charge in [0.1, 0.15) is 0 Å². The Kier molecular flexibility index (Phi) is 6.37. The number of thiocarbonyl (C=S) groups is 1. The molecule has 0 unspecified atom stereocenters. The minimum absolute atomic E-state index is 0.303. The third-order valence-corrected chi connectivity index (χ3v) is 7.23. The van der Waals surface area contributed by atoms with Crippen LogP contribution in [-0.2, 0) is 10.0 Å². The zero-order valence-electron chi connectivity index (χ0n) is 16.6. The van der Waals surface area contributed by atoms with Crippen LogP contribution in [0, 0.1) is 20.8 Å². The van der Waals surface area contributed by atoms with Gasteiger partial charge in [-0.15, -0.1) is 0 Å². The maximum absolute atomic E-state index is 13.0. The molecule has 28 heavy (non-hydrogen) atoms. The van der Waals surface area contributed by atoms with Gasteiger partial charge in [0.05, 0.1) is 4.90 Å². The molecular weight excluding hydrogens is 390 g/mol. The van der Waals surface area contributed by atoms with E-state index in [2.05, 4.69) is 10.6 Å². The van der Waals surface area contributed by atoms with E-state index in [-0.39, 0.29) is 0 Å². The fourth-order valence-electron chi connectivity index (χ4n) is 3.43. The quantitative estimate of drug-likeness (QED) is 0.712. The van der Waals surface area contributed by atoms with Gasteiger partial charge in [-0.2, -0.15) is 4.31 Å². The second-order valence-electron chi connectivity index (χ2n) is 7.29. The second kappa shape index (κ2) is 8.59. The lowest BCUT2D eigenvalue weighted by Crippen LogP contribution is -2.35. The van der Waals surface area contributed by atoms with E-state index in [0.717, 1.165) is 41.6 Å². The molecule has 0 saturated carbocycles. The summed E-state index contributed by atoms with van der Waals surface area (Å²) in [7, 11) is -3.48. The van der Waals surface area contributed by atoms with Gasteiger partial charge in [0, 0.05) is 24.5 Å². The van der Waals surface area contributed by atoms with E-state index in [1.54, 1.807) is 16.4 Å². The van der Waals surface area contributed by atoms with Crippen LogP contribution in [0.15, 0.2) is 41.3 Å². The third-order valence-electron chi connectivity index (χ3n) is 5.13. The first-order valence-electron chi connectivity index (χ1n) is 9.54. The number of hydrogen-bond donors (Lipinski definition) is 2. The van der Waals surface area contributed by atoms with E-state index in [0.29, 0.717) is 28.8 Å². The first-order valence-corrected chi connectivity index (χ1v) is 11.4. The maximum Gasteiger partial charge on any atom is 0.243 e. The predicted octanol–water partition coefficient (Wildman–Crippen LogP) is 4.60. The van der Waals surface area contributed by atoms with Gasteiger partial charge in [0.25, 0.3) is 0 Å². The zero-order chi connectivity index (χ0) is 20.3. The van der Waals surface area contributed by atoms with Gasteiger partial charge in [-0.05, 0) is 74.7 Å². The Morgan fingerprint density at radius 2 is 1.57 bits per heavy atom. The molecule has 1 aliphatic heterocycles. The highest BCUT2D eigenvalue weighted by Gasteiger charge is 2.26. The molecule has 3 rings (SSSR count). The minimum atomic E-state index is -3.48. The number of anilines is 2. The molecule has 1 fully saturated rings. The molecule has 0 atom stereocenters. The maximum atomic E-state index is 13.0. The summed E-state index contributed by atoms with van der Waals surface area (Å²) in [5, 5.41) is 6.84. The van der Waals surface area contributed by atoms with Gasteiger partial charge >= 0.3 is 0 Å². The summed E-state index contributed by atoms with van der Waals surface area (Å²) in [4.78, 5) is 0.303. The number of hydrogen-bond acceptors (Lipinski definition) is 3. The minimum Gasteiger partial charge on any atom is -0.332 e. The van der Waals surface area contributed by atoms with Gasteiger partial charge in [-0.1, -0.05) is 30.7 Å². The summed E-state index contributed by atoms with van der Waals surface area (Å²) in [6, 6.07) is 11.2. The highest BCUT2D eigenvalue weighted by Crippen LogP contribution is 2.26. The van der Waals surface area contributed by atoms with Crippen LogP contribution in [0.1, 0.15) is 36.0 Å². The summed E-state index contributed by atoms with van der Waals surface area (Å²) >= 11 is 5.48. The van der Waals surface area contributed by atoms with E-state index < -0.39 is 10.0 Å². The Labute approximate surface area is 173 Å². The molecule has 2 N–H and O–H groups in total. The molecule has 0 aromatic heterocycles. The van der Waals surface area contributed by atoms with Crippen LogP contribution >= 0.6 is 12.2 Å². The van der Waals surface area contributed by atoms with Crippen molar-refractivity contribution in [3.05, 3.63) is 53.1 Å². The zero-order valence-corrected chi connectivity index (χ0v) is 18.2. The number of nitrogens with zero attached hydrogens (tertiary/aromatic N) is 1. The van der Waals surface area contributed by atoms with Crippen LogP contribution in [0.25, 0.3) is 0 Å². The standard InChI is InChI=1S/C21H27N3O2S2/c1-15-10-11-18(28(25,26)24-12-5-4-6-13-24)14-19(15)22-21(27)23-20-16(2)8-7-9-17(20)3/h7-11,14H,4-6,12-13H2,1-3H3,(H2,22,23,27). The number of para-hydroxylation sites is 1. The fraction of sp³-hybridized carbons (Fsp3) is 0.381. The Hall–Kier alpha value is -1.96. The normalized spacial score (nSPS) is 15.2. The van der Waals surface area contributed by atoms with E-state index in [9.17, 15) is 8.42 Å². The molecule has 1 saturated heterocycles. The van der Waals surface area contributed by atoms with E-state index in [1.165, 1.54) is 0 Å². The molecule has 2 aromatic rings. The topological polar surface area (TPSA) is 61.4 Å². The molecule has 0 aliphatic carbocycles. The van der Waals surface area contributed by atoms with E-state index in [1.807, 2.05) is 45.0 Å². The van der Waals surface area contributed by atoms with Crippen molar-refractivity contribution in [1.82, 2.24) is 4.31 Å². The van der Waals surface area contributed by atoms with Crippen molar-refractivity contribution in [3.8, 4) is 0 Å². The average Bonchev–Trinajstić information content (AvgIpc) is 2.67. The SMILES string of the molecule is Cc1ccc(S(=O)(=O)N2CCCCC2)cc1NC(=S)Nc1c(C)cccc1C. The van der Waals surface area contributed by atoms with Crippen LogP contribution in [0.2, 0.25) is 0 Å². The summed E-state index contributed by atoms with van der Waals surface area (Å²) in [5.74, 6) is 0. The fourth-order valence-corrected chi connectivity index (χ4v) is 5.19. The molecule has 5 nitrogen and oxygen atoms in total. The monoisotopic (exact) mass is 417 g/mol. The molecule has 0 spiro atoms. The van der Waals surface area contributed by atoms with E-state index >= 15 is 0 Å². The molecule has 7 heteroatoms. The van der Waals surface area contributed by atoms with E-state index in [4.69, 9.17) is 12.2 Å². The van der Waals surface area contributed by atoms with Crippen molar-refractivity contribution in [3.63, 3.8) is 0 Å². The molecule has 0 amide bonds. The molecular formula is C21H27N3O2S2. The van der Waals surface area contributed by atoms with Crippen LogP contribution in [-0.4, -0.2) is 30.9 Å². The van der Waals surface area contributed by atoms with Crippen LogP contribution in [0.4, 0.5) is 11.4 Å². The van der Waals surface area contributed by atoms with Crippen molar-refractivity contribution in [2.45, 2.75) is 44.9 Å². The molecule has 0 radical (unpaired) electrons. The van der Waals surface area contributed by atoms with Crippen molar-refractivity contribution in [1.29, 1.82) is 0 Å².